The molecule has 1 saturated carbocycles. The molecule has 1 aliphatic rings. The van der Waals surface area contributed by atoms with Gasteiger partial charge in [-0.3, -0.25) is 9.48 Å². The van der Waals surface area contributed by atoms with Crippen LogP contribution < -0.4 is 16.0 Å². The number of nitrogens with one attached hydrogen (secondary N) is 3. The predicted molar refractivity (Wildman–Crippen MR) is 94.1 cm³/mol. The van der Waals surface area contributed by atoms with E-state index >= 15 is 0 Å². The van der Waals surface area contributed by atoms with Gasteiger partial charge in [0, 0.05) is 25.3 Å². The highest BCUT2D eigenvalue weighted by Gasteiger charge is 2.20. The van der Waals surface area contributed by atoms with Crippen LogP contribution >= 0.6 is 0 Å². The SMILES string of the molecule is CCn1cc(NC(=O)NC2CCCCC2)c(C(=O)NCC(C)C)n1. The molecular formula is C17H29N5O2. The van der Waals surface area contributed by atoms with Gasteiger partial charge in [-0.05, 0) is 25.7 Å². The number of aromatic nitrogens is 2. The Morgan fingerprint density at radius 3 is 2.62 bits per heavy atom. The summed E-state index contributed by atoms with van der Waals surface area (Å²) >= 11 is 0. The van der Waals surface area contributed by atoms with E-state index < -0.39 is 0 Å². The van der Waals surface area contributed by atoms with Crippen molar-refractivity contribution in [3.05, 3.63) is 11.9 Å². The highest BCUT2D eigenvalue weighted by Crippen LogP contribution is 2.18. The van der Waals surface area contributed by atoms with Gasteiger partial charge in [-0.25, -0.2) is 4.79 Å². The number of hydrogen-bond acceptors (Lipinski definition) is 3. The minimum atomic E-state index is -0.268. The van der Waals surface area contributed by atoms with Crippen molar-refractivity contribution in [2.75, 3.05) is 11.9 Å². The van der Waals surface area contributed by atoms with Crippen LogP contribution in [0.25, 0.3) is 0 Å². The number of carbonyl (C=O) groups is 2. The second-order valence-electron chi connectivity index (χ2n) is 6.78. The van der Waals surface area contributed by atoms with E-state index in [-0.39, 0.29) is 23.7 Å². The molecule has 134 valence electrons. The highest BCUT2D eigenvalue weighted by atomic mass is 16.2. The second-order valence-corrected chi connectivity index (χ2v) is 6.78. The standard InChI is InChI=1S/C17H29N5O2/c1-4-22-11-14(15(21-22)16(23)18-10-12(2)3)20-17(24)19-13-8-6-5-7-9-13/h11-13H,4-10H2,1-3H3,(H,18,23)(H2,19,20,24). The fourth-order valence-electron chi connectivity index (χ4n) is 2.81. The number of nitrogens with zero attached hydrogens (tertiary/aromatic N) is 2. The zero-order chi connectivity index (χ0) is 17.5. The van der Waals surface area contributed by atoms with Gasteiger partial charge < -0.3 is 16.0 Å². The molecule has 0 bridgehead atoms. The summed E-state index contributed by atoms with van der Waals surface area (Å²) in [5.74, 6) is 0.0945. The van der Waals surface area contributed by atoms with Crippen LogP contribution in [0.2, 0.25) is 0 Å². The van der Waals surface area contributed by atoms with Gasteiger partial charge in [-0.2, -0.15) is 5.10 Å². The summed E-state index contributed by atoms with van der Waals surface area (Å²) in [4.78, 5) is 24.5. The van der Waals surface area contributed by atoms with Crippen LogP contribution in [-0.2, 0) is 6.54 Å². The van der Waals surface area contributed by atoms with Crippen LogP contribution in [0.4, 0.5) is 10.5 Å². The Kier molecular flexibility index (Phi) is 6.63. The molecule has 0 spiro atoms. The molecule has 1 aromatic rings. The molecule has 0 aliphatic heterocycles. The number of carbonyl (C=O) groups excluding carboxylic acids is 2. The Hall–Kier alpha value is -2.05. The minimum absolute atomic E-state index is 0.221. The van der Waals surface area contributed by atoms with Crippen LogP contribution in [0.3, 0.4) is 0 Å². The molecule has 2 rings (SSSR count). The summed E-state index contributed by atoms with van der Waals surface area (Å²) in [6.45, 7) is 7.21. The van der Waals surface area contributed by atoms with E-state index in [4.69, 9.17) is 0 Å². The van der Waals surface area contributed by atoms with E-state index in [1.807, 2.05) is 20.8 Å². The third-order valence-corrected chi connectivity index (χ3v) is 4.16. The van der Waals surface area contributed by atoms with E-state index in [1.54, 1.807) is 10.9 Å². The van der Waals surface area contributed by atoms with E-state index in [1.165, 1.54) is 6.42 Å². The molecule has 24 heavy (non-hydrogen) atoms. The fourth-order valence-corrected chi connectivity index (χ4v) is 2.81. The lowest BCUT2D eigenvalue weighted by molar-refractivity contribution is 0.0944. The van der Waals surface area contributed by atoms with Crippen molar-refractivity contribution in [3.8, 4) is 0 Å². The van der Waals surface area contributed by atoms with Crippen molar-refractivity contribution < 1.29 is 9.59 Å². The summed E-state index contributed by atoms with van der Waals surface area (Å²) in [6.07, 6.45) is 7.28. The van der Waals surface area contributed by atoms with E-state index in [9.17, 15) is 9.59 Å². The summed E-state index contributed by atoms with van der Waals surface area (Å²) in [5.41, 5.74) is 0.711. The number of anilines is 1. The molecule has 0 aromatic carbocycles. The molecule has 1 heterocycles. The molecule has 3 amide bonds. The molecule has 0 radical (unpaired) electrons. The maximum absolute atomic E-state index is 12.3. The van der Waals surface area contributed by atoms with Gasteiger partial charge in [0.25, 0.3) is 5.91 Å². The van der Waals surface area contributed by atoms with Crippen molar-refractivity contribution in [2.45, 2.75) is 65.5 Å². The van der Waals surface area contributed by atoms with Crippen LogP contribution in [0.15, 0.2) is 6.20 Å². The summed E-state index contributed by atoms with van der Waals surface area (Å²) < 4.78 is 1.65. The fraction of sp³-hybridized carbons (Fsp3) is 0.706. The first-order chi connectivity index (χ1) is 11.5. The van der Waals surface area contributed by atoms with Crippen molar-refractivity contribution in [1.29, 1.82) is 0 Å². The molecule has 3 N–H and O–H groups in total. The van der Waals surface area contributed by atoms with Gasteiger partial charge in [0.1, 0.15) is 0 Å². The van der Waals surface area contributed by atoms with Gasteiger partial charge in [0.05, 0.1) is 5.69 Å². The first-order valence-electron chi connectivity index (χ1n) is 8.92. The number of urea groups is 1. The van der Waals surface area contributed by atoms with Gasteiger partial charge in [0.2, 0.25) is 0 Å². The monoisotopic (exact) mass is 335 g/mol. The number of aryl methyl sites for hydroxylation is 1. The van der Waals surface area contributed by atoms with Crippen molar-refractivity contribution in [3.63, 3.8) is 0 Å². The number of amides is 3. The smallest absolute Gasteiger partial charge is 0.319 e. The largest absolute Gasteiger partial charge is 0.350 e. The molecule has 1 aromatic heterocycles. The maximum atomic E-state index is 12.3. The molecule has 7 heteroatoms. The van der Waals surface area contributed by atoms with E-state index in [0.29, 0.717) is 24.7 Å². The topological polar surface area (TPSA) is 88.0 Å². The Labute approximate surface area is 143 Å². The molecule has 1 fully saturated rings. The molecule has 0 unspecified atom stereocenters. The second kappa shape index (κ2) is 8.70. The quantitative estimate of drug-likeness (QED) is 0.747. The van der Waals surface area contributed by atoms with E-state index in [0.717, 1.165) is 25.7 Å². The average molecular weight is 335 g/mol. The summed E-state index contributed by atoms with van der Waals surface area (Å²) in [7, 11) is 0. The normalized spacial score (nSPS) is 15.3. The average Bonchev–Trinajstić information content (AvgIpc) is 2.96. The van der Waals surface area contributed by atoms with Crippen molar-refractivity contribution in [2.24, 2.45) is 5.92 Å². The maximum Gasteiger partial charge on any atom is 0.319 e. The molecule has 0 atom stereocenters. The highest BCUT2D eigenvalue weighted by molar-refractivity contribution is 6.01. The Balaban J connectivity index is 2.00. The van der Waals surface area contributed by atoms with Crippen molar-refractivity contribution >= 4 is 17.6 Å². The first-order valence-corrected chi connectivity index (χ1v) is 8.92. The van der Waals surface area contributed by atoms with Crippen molar-refractivity contribution in [1.82, 2.24) is 20.4 Å². The van der Waals surface area contributed by atoms with E-state index in [2.05, 4.69) is 21.0 Å². The summed E-state index contributed by atoms with van der Waals surface area (Å²) in [6, 6.07) is -0.0475. The van der Waals surface area contributed by atoms with Gasteiger partial charge >= 0.3 is 6.03 Å². The molecule has 0 saturated heterocycles. The Morgan fingerprint density at radius 2 is 2.00 bits per heavy atom. The zero-order valence-electron chi connectivity index (χ0n) is 14.9. The van der Waals surface area contributed by atoms with Crippen LogP contribution in [0.5, 0.6) is 0 Å². The van der Waals surface area contributed by atoms with Gasteiger partial charge in [-0.1, -0.05) is 33.1 Å². The van der Waals surface area contributed by atoms with Crippen LogP contribution in [-0.4, -0.2) is 34.3 Å². The summed E-state index contributed by atoms with van der Waals surface area (Å²) in [5, 5.41) is 12.9. The number of rotatable bonds is 6. The van der Waals surface area contributed by atoms with Gasteiger partial charge in [-0.15, -0.1) is 0 Å². The van der Waals surface area contributed by atoms with Crippen LogP contribution in [0, 0.1) is 5.92 Å². The predicted octanol–water partition coefficient (Wildman–Crippen LogP) is 2.74. The Bertz CT molecular complexity index is 561. The lowest BCUT2D eigenvalue weighted by Crippen LogP contribution is -2.39. The van der Waals surface area contributed by atoms with Crippen LogP contribution in [0.1, 0.15) is 63.4 Å². The first kappa shape index (κ1) is 18.3. The van der Waals surface area contributed by atoms with Gasteiger partial charge in [0.15, 0.2) is 5.69 Å². The lowest BCUT2D eigenvalue weighted by atomic mass is 9.96. The molecule has 1 aliphatic carbocycles. The Morgan fingerprint density at radius 1 is 1.29 bits per heavy atom. The third-order valence-electron chi connectivity index (χ3n) is 4.16. The minimum Gasteiger partial charge on any atom is -0.350 e. The molecular weight excluding hydrogens is 306 g/mol. The lowest BCUT2D eigenvalue weighted by Gasteiger charge is -2.22. The third kappa shape index (κ3) is 5.25. The molecule has 7 nitrogen and oxygen atoms in total. The zero-order valence-corrected chi connectivity index (χ0v) is 14.9. The number of hydrogen-bond donors (Lipinski definition) is 3.